The van der Waals surface area contributed by atoms with Gasteiger partial charge in [-0.05, 0) is 61.7 Å². The lowest BCUT2D eigenvalue weighted by Gasteiger charge is -2.29. The van der Waals surface area contributed by atoms with Crippen LogP contribution in [0.1, 0.15) is 18.4 Å². The molecular weight excluding hydrogens is 372 g/mol. The first-order valence-corrected chi connectivity index (χ1v) is 10.4. The fourth-order valence-electron chi connectivity index (χ4n) is 3.49. The molecule has 4 rings (SSSR count). The van der Waals surface area contributed by atoms with Crippen LogP contribution in [0.25, 0.3) is 10.2 Å². The van der Waals surface area contributed by atoms with E-state index in [9.17, 15) is 4.79 Å². The highest BCUT2D eigenvalue weighted by Gasteiger charge is 2.19. The zero-order chi connectivity index (χ0) is 19.3. The predicted molar refractivity (Wildman–Crippen MR) is 112 cm³/mol. The van der Waals surface area contributed by atoms with E-state index in [2.05, 4.69) is 10.3 Å². The molecule has 0 aliphatic carbocycles. The van der Waals surface area contributed by atoms with Gasteiger partial charge in [0.1, 0.15) is 5.75 Å². The van der Waals surface area contributed by atoms with Crippen molar-refractivity contribution < 1.29 is 9.53 Å². The van der Waals surface area contributed by atoms with Crippen LogP contribution in [0.15, 0.2) is 48.5 Å². The van der Waals surface area contributed by atoms with Crippen molar-refractivity contribution in [2.75, 3.05) is 19.6 Å². The van der Waals surface area contributed by atoms with Crippen LogP contribution in [-0.2, 0) is 6.54 Å². The Morgan fingerprint density at radius 2 is 1.93 bits per heavy atom. The van der Waals surface area contributed by atoms with Crippen molar-refractivity contribution in [3.63, 3.8) is 0 Å². The third-order valence-corrected chi connectivity index (χ3v) is 5.94. The van der Waals surface area contributed by atoms with Crippen molar-refractivity contribution in [3.05, 3.63) is 54.1 Å². The molecule has 0 spiro atoms. The number of aromatic nitrogens is 1. The molecule has 6 nitrogen and oxygen atoms in total. The van der Waals surface area contributed by atoms with Gasteiger partial charge in [-0.25, -0.2) is 9.78 Å². The number of amides is 2. The largest absolute Gasteiger partial charge is 0.431 e. The van der Waals surface area contributed by atoms with Gasteiger partial charge < -0.3 is 20.7 Å². The first kappa shape index (κ1) is 18.7. The van der Waals surface area contributed by atoms with Crippen LogP contribution < -0.4 is 15.8 Å². The van der Waals surface area contributed by atoms with Crippen molar-refractivity contribution in [1.82, 2.24) is 15.2 Å². The third-order valence-electron chi connectivity index (χ3n) is 5.03. The molecule has 2 heterocycles. The third kappa shape index (κ3) is 4.61. The Bertz CT molecular complexity index is 902. The number of hydrogen-bond acceptors (Lipinski definition) is 5. The Balaban J connectivity index is 1.39. The summed E-state index contributed by atoms with van der Waals surface area (Å²) in [5, 5.41) is 3.97. The fraction of sp³-hybridized carbons (Fsp3) is 0.333. The molecule has 1 aliphatic rings. The molecule has 0 bridgehead atoms. The van der Waals surface area contributed by atoms with Crippen LogP contribution in [0.3, 0.4) is 0 Å². The molecule has 3 N–H and O–H groups in total. The number of piperidine rings is 1. The van der Waals surface area contributed by atoms with Crippen LogP contribution in [0.5, 0.6) is 10.9 Å². The number of fused-ring (bicyclic) bond motifs is 1. The molecule has 7 heteroatoms. The van der Waals surface area contributed by atoms with E-state index in [0.717, 1.165) is 47.5 Å². The average Bonchev–Trinajstić information content (AvgIpc) is 3.12. The number of hydrogen-bond donors (Lipinski definition) is 2. The van der Waals surface area contributed by atoms with Gasteiger partial charge in [-0.1, -0.05) is 35.6 Å². The van der Waals surface area contributed by atoms with Crippen LogP contribution in [0.4, 0.5) is 4.79 Å². The number of carbonyl (C=O) groups excluding carboxylic acids is 1. The Hall–Kier alpha value is -2.64. The lowest BCUT2D eigenvalue weighted by atomic mass is 9.97. The monoisotopic (exact) mass is 396 g/mol. The van der Waals surface area contributed by atoms with Crippen molar-refractivity contribution in [1.29, 1.82) is 0 Å². The molecule has 0 unspecified atom stereocenters. The van der Waals surface area contributed by atoms with E-state index in [1.807, 2.05) is 48.5 Å². The van der Waals surface area contributed by atoms with Crippen molar-refractivity contribution in [3.8, 4) is 10.9 Å². The summed E-state index contributed by atoms with van der Waals surface area (Å²) in [6.45, 7) is 3.24. The molecule has 28 heavy (non-hydrogen) atoms. The number of nitrogens with one attached hydrogen (secondary N) is 1. The number of para-hydroxylation sites is 1. The molecule has 1 fully saturated rings. The molecule has 3 aromatic rings. The first-order valence-electron chi connectivity index (χ1n) is 9.55. The van der Waals surface area contributed by atoms with E-state index in [1.165, 1.54) is 11.3 Å². The highest BCUT2D eigenvalue weighted by Crippen LogP contribution is 2.31. The maximum Gasteiger partial charge on any atom is 0.315 e. The van der Waals surface area contributed by atoms with Crippen molar-refractivity contribution in [2.24, 2.45) is 11.7 Å². The van der Waals surface area contributed by atoms with Crippen LogP contribution in [-0.4, -0.2) is 35.5 Å². The maximum atomic E-state index is 11.9. The summed E-state index contributed by atoms with van der Waals surface area (Å²) >= 11 is 1.52. The number of urea groups is 1. The second-order valence-corrected chi connectivity index (χ2v) is 8.10. The van der Waals surface area contributed by atoms with E-state index in [4.69, 9.17) is 10.5 Å². The zero-order valence-corrected chi connectivity index (χ0v) is 16.5. The van der Waals surface area contributed by atoms with Gasteiger partial charge in [0.05, 0.1) is 10.2 Å². The predicted octanol–water partition coefficient (Wildman–Crippen LogP) is 3.97. The van der Waals surface area contributed by atoms with Gasteiger partial charge >= 0.3 is 6.03 Å². The Kier molecular flexibility index (Phi) is 5.73. The Morgan fingerprint density at radius 3 is 2.64 bits per heavy atom. The molecule has 2 aromatic carbocycles. The molecule has 0 atom stereocenters. The van der Waals surface area contributed by atoms with Gasteiger partial charge in [0.2, 0.25) is 0 Å². The van der Waals surface area contributed by atoms with Gasteiger partial charge in [-0.3, -0.25) is 0 Å². The smallest absolute Gasteiger partial charge is 0.315 e. The number of rotatable bonds is 6. The minimum Gasteiger partial charge on any atom is -0.431 e. The second kappa shape index (κ2) is 8.58. The van der Waals surface area contributed by atoms with E-state index in [1.54, 1.807) is 4.90 Å². The molecule has 0 radical (unpaired) electrons. The number of benzene rings is 2. The number of primary amides is 1. The highest BCUT2D eigenvalue weighted by molar-refractivity contribution is 7.20. The summed E-state index contributed by atoms with van der Waals surface area (Å²) in [5.41, 5.74) is 7.58. The lowest BCUT2D eigenvalue weighted by molar-refractivity contribution is 0.185. The Labute approximate surface area is 168 Å². The summed E-state index contributed by atoms with van der Waals surface area (Å²) in [6, 6.07) is 15.4. The zero-order valence-electron chi connectivity index (χ0n) is 15.6. The molecular formula is C21H24N4O2S. The maximum absolute atomic E-state index is 11.9. The normalized spacial score (nSPS) is 14.9. The number of nitrogens with two attached hydrogens (primary N) is 1. The summed E-state index contributed by atoms with van der Waals surface area (Å²) < 4.78 is 6.99. The second-order valence-electron chi connectivity index (χ2n) is 7.11. The van der Waals surface area contributed by atoms with Gasteiger partial charge in [0.15, 0.2) is 0 Å². The SMILES string of the molecule is NC(=O)N(Cc1ccc(Oc2nc3ccccc3s2)cc1)CC1CCNCC1. The van der Waals surface area contributed by atoms with E-state index in [0.29, 0.717) is 24.2 Å². The van der Waals surface area contributed by atoms with Crippen molar-refractivity contribution >= 4 is 27.6 Å². The summed E-state index contributed by atoms with van der Waals surface area (Å²) in [4.78, 5) is 18.1. The summed E-state index contributed by atoms with van der Waals surface area (Å²) in [5.74, 6) is 1.24. The van der Waals surface area contributed by atoms with Gasteiger partial charge in [0.25, 0.3) is 5.19 Å². The minimum atomic E-state index is -0.367. The number of nitrogens with zero attached hydrogens (tertiary/aromatic N) is 2. The van der Waals surface area contributed by atoms with Gasteiger partial charge in [-0.2, -0.15) is 0 Å². The summed E-state index contributed by atoms with van der Waals surface area (Å²) in [6.07, 6.45) is 2.16. The van der Waals surface area contributed by atoms with Gasteiger partial charge in [-0.15, -0.1) is 0 Å². The first-order chi connectivity index (χ1) is 13.7. The Morgan fingerprint density at radius 1 is 1.18 bits per heavy atom. The molecule has 1 aliphatic heterocycles. The van der Waals surface area contributed by atoms with Crippen molar-refractivity contribution in [2.45, 2.75) is 19.4 Å². The summed E-state index contributed by atoms with van der Waals surface area (Å²) in [7, 11) is 0. The average molecular weight is 397 g/mol. The lowest BCUT2D eigenvalue weighted by Crippen LogP contribution is -2.41. The fourth-order valence-corrected chi connectivity index (χ4v) is 4.32. The van der Waals surface area contributed by atoms with E-state index < -0.39 is 0 Å². The van der Waals surface area contributed by atoms with Crippen LogP contribution in [0.2, 0.25) is 0 Å². The number of carbonyl (C=O) groups is 1. The van der Waals surface area contributed by atoms with Crippen LogP contribution >= 0.6 is 11.3 Å². The molecule has 2 amide bonds. The minimum absolute atomic E-state index is 0.367. The molecule has 0 saturated carbocycles. The molecule has 1 saturated heterocycles. The topological polar surface area (TPSA) is 80.5 Å². The van der Waals surface area contributed by atoms with Crippen LogP contribution in [0, 0.1) is 5.92 Å². The standard InChI is InChI=1S/C21H24N4O2S/c22-20(26)25(14-16-9-11-23-12-10-16)13-15-5-7-17(8-6-15)27-21-24-18-3-1-2-4-19(18)28-21/h1-8,16,23H,9-14H2,(H2,22,26). The highest BCUT2D eigenvalue weighted by atomic mass is 32.1. The quantitative estimate of drug-likeness (QED) is 0.661. The number of ether oxygens (including phenoxy) is 1. The molecule has 1 aromatic heterocycles. The van der Waals surface area contributed by atoms with E-state index in [-0.39, 0.29) is 6.03 Å². The van der Waals surface area contributed by atoms with E-state index >= 15 is 0 Å². The number of thiazole rings is 1. The molecule has 146 valence electrons. The van der Waals surface area contributed by atoms with Gasteiger partial charge in [0, 0.05) is 13.1 Å².